The maximum absolute atomic E-state index is 12.6. The van der Waals surface area contributed by atoms with Crippen molar-refractivity contribution in [3.63, 3.8) is 0 Å². The van der Waals surface area contributed by atoms with Gasteiger partial charge < -0.3 is 10.2 Å². The third kappa shape index (κ3) is 4.65. The molecule has 5 heteroatoms. The Morgan fingerprint density at radius 1 is 1.09 bits per heavy atom. The Kier molecular flexibility index (Phi) is 5.89. The van der Waals surface area contributed by atoms with E-state index in [9.17, 15) is 9.59 Å². The summed E-state index contributed by atoms with van der Waals surface area (Å²) in [6, 6.07) is 0.342. The smallest absolute Gasteiger partial charge is 0.225 e. The van der Waals surface area contributed by atoms with Crippen LogP contribution in [-0.2, 0) is 9.59 Å². The molecule has 3 unspecified atom stereocenters. The van der Waals surface area contributed by atoms with E-state index in [1.54, 1.807) is 0 Å². The molecule has 0 aromatic rings. The van der Waals surface area contributed by atoms with E-state index in [0.717, 1.165) is 50.8 Å². The second-order valence-electron chi connectivity index (χ2n) is 7.35. The van der Waals surface area contributed by atoms with Crippen LogP contribution in [0.2, 0.25) is 0 Å². The number of carbonyl (C=O) groups is 2. The van der Waals surface area contributed by atoms with Crippen molar-refractivity contribution >= 4 is 23.6 Å². The number of hydrogen-bond acceptors (Lipinski definition) is 3. The fourth-order valence-electron chi connectivity index (χ4n) is 3.96. The van der Waals surface area contributed by atoms with Crippen LogP contribution in [0, 0.1) is 11.8 Å². The van der Waals surface area contributed by atoms with Crippen LogP contribution in [0.4, 0.5) is 0 Å². The highest BCUT2D eigenvalue weighted by molar-refractivity contribution is 7.99. The molecule has 130 valence electrons. The first-order chi connectivity index (χ1) is 11.2. The van der Waals surface area contributed by atoms with Gasteiger partial charge in [0, 0.05) is 30.3 Å². The molecule has 1 aliphatic heterocycles. The highest BCUT2D eigenvalue weighted by atomic mass is 32.2. The van der Waals surface area contributed by atoms with Crippen molar-refractivity contribution in [3.8, 4) is 0 Å². The lowest BCUT2D eigenvalue weighted by molar-refractivity contribution is -0.137. The monoisotopic (exact) mass is 338 g/mol. The van der Waals surface area contributed by atoms with E-state index < -0.39 is 0 Å². The molecule has 2 amide bonds. The van der Waals surface area contributed by atoms with Crippen molar-refractivity contribution in [1.82, 2.24) is 10.2 Å². The first-order valence-corrected chi connectivity index (χ1v) is 10.4. The van der Waals surface area contributed by atoms with Gasteiger partial charge in [-0.05, 0) is 50.7 Å². The van der Waals surface area contributed by atoms with Crippen LogP contribution in [0.25, 0.3) is 0 Å². The first kappa shape index (κ1) is 17.1. The van der Waals surface area contributed by atoms with Crippen molar-refractivity contribution < 1.29 is 9.59 Å². The molecule has 0 spiro atoms. The molecule has 1 N–H and O–H groups in total. The van der Waals surface area contributed by atoms with Gasteiger partial charge in [-0.2, -0.15) is 11.8 Å². The molecule has 3 atom stereocenters. The number of thioether (sulfide) groups is 1. The Morgan fingerprint density at radius 2 is 1.91 bits per heavy atom. The van der Waals surface area contributed by atoms with Gasteiger partial charge >= 0.3 is 0 Å². The number of likely N-dealkylation sites (tertiary alicyclic amines) is 1. The Morgan fingerprint density at radius 3 is 2.65 bits per heavy atom. The Balaban J connectivity index is 1.48. The summed E-state index contributed by atoms with van der Waals surface area (Å²) in [5, 5.41) is 4.00. The molecule has 3 rings (SSSR count). The molecule has 2 saturated carbocycles. The summed E-state index contributed by atoms with van der Waals surface area (Å²) in [5.74, 6) is 1.91. The van der Waals surface area contributed by atoms with E-state index in [-0.39, 0.29) is 17.7 Å². The predicted octanol–water partition coefficient (Wildman–Crippen LogP) is 2.82. The Labute approximate surface area is 144 Å². The number of amides is 2. The average Bonchev–Trinajstić information content (AvgIpc) is 3.40. The van der Waals surface area contributed by atoms with Crippen LogP contribution >= 0.6 is 11.8 Å². The maximum Gasteiger partial charge on any atom is 0.225 e. The summed E-state index contributed by atoms with van der Waals surface area (Å²) >= 11 is 2.03. The molecule has 0 aromatic heterocycles. The molecule has 0 bridgehead atoms. The minimum Gasteiger partial charge on any atom is -0.353 e. The molecule has 1 saturated heterocycles. The van der Waals surface area contributed by atoms with E-state index in [0.29, 0.717) is 23.7 Å². The van der Waals surface area contributed by atoms with Gasteiger partial charge in [0.25, 0.3) is 0 Å². The first-order valence-electron chi connectivity index (χ1n) is 9.38. The molecule has 2 aliphatic carbocycles. The fraction of sp³-hybridized carbons (Fsp3) is 0.889. The van der Waals surface area contributed by atoms with Gasteiger partial charge in [-0.3, -0.25) is 9.59 Å². The molecule has 23 heavy (non-hydrogen) atoms. The number of hydrogen-bond donors (Lipinski definition) is 1. The maximum atomic E-state index is 12.6. The molecular weight excluding hydrogens is 308 g/mol. The van der Waals surface area contributed by atoms with Crippen molar-refractivity contribution in [1.29, 1.82) is 0 Å². The lowest BCUT2D eigenvalue weighted by Crippen LogP contribution is -2.48. The number of nitrogens with one attached hydrogen (secondary N) is 1. The number of carbonyl (C=O) groups excluding carboxylic acids is 2. The molecule has 3 aliphatic rings. The SMILES string of the molecule is CCSC1CCCC(NC(=O)C2CCCN(C(=O)C3CC3)C2)C1. The second-order valence-corrected chi connectivity index (χ2v) is 8.92. The largest absolute Gasteiger partial charge is 0.353 e. The zero-order valence-corrected chi connectivity index (χ0v) is 15.1. The molecule has 3 fully saturated rings. The summed E-state index contributed by atoms with van der Waals surface area (Å²) in [6.45, 7) is 3.69. The summed E-state index contributed by atoms with van der Waals surface area (Å²) in [4.78, 5) is 26.8. The van der Waals surface area contributed by atoms with Crippen molar-refractivity contribution in [2.75, 3.05) is 18.8 Å². The Bertz CT molecular complexity index is 437. The van der Waals surface area contributed by atoms with E-state index in [1.807, 2.05) is 16.7 Å². The lowest BCUT2D eigenvalue weighted by Gasteiger charge is -2.34. The summed E-state index contributed by atoms with van der Waals surface area (Å²) in [6.07, 6.45) is 8.73. The van der Waals surface area contributed by atoms with E-state index >= 15 is 0 Å². The number of rotatable bonds is 5. The number of nitrogens with zero attached hydrogens (tertiary/aromatic N) is 1. The molecule has 1 heterocycles. The van der Waals surface area contributed by atoms with Gasteiger partial charge in [-0.25, -0.2) is 0 Å². The molecular formula is C18H30N2O2S. The average molecular weight is 339 g/mol. The summed E-state index contributed by atoms with van der Waals surface area (Å²) in [7, 11) is 0. The number of piperidine rings is 1. The standard InChI is InChI=1S/C18H30N2O2S/c1-2-23-16-7-3-6-15(11-16)19-17(21)14-5-4-10-20(12-14)18(22)13-8-9-13/h13-16H,2-12H2,1H3,(H,19,21). The van der Waals surface area contributed by atoms with Crippen LogP contribution in [-0.4, -0.2) is 46.8 Å². The third-order valence-corrected chi connectivity index (χ3v) is 6.64. The third-order valence-electron chi connectivity index (χ3n) is 5.41. The van der Waals surface area contributed by atoms with Crippen LogP contribution in [0.3, 0.4) is 0 Å². The highest BCUT2D eigenvalue weighted by Gasteiger charge is 2.37. The minimum atomic E-state index is 0.00524. The Hall–Kier alpha value is -0.710. The van der Waals surface area contributed by atoms with Gasteiger partial charge in [0.1, 0.15) is 0 Å². The van der Waals surface area contributed by atoms with Crippen molar-refractivity contribution in [2.24, 2.45) is 11.8 Å². The van der Waals surface area contributed by atoms with Crippen LogP contribution in [0.5, 0.6) is 0 Å². The predicted molar refractivity (Wildman–Crippen MR) is 94.3 cm³/mol. The lowest BCUT2D eigenvalue weighted by atomic mass is 9.92. The summed E-state index contributed by atoms with van der Waals surface area (Å²) < 4.78 is 0. The van der Waals surface area contributed by atoms with Crippen molar-refractivity contribution in [3.05, 3.63) is 0 Å². The van der Waals surface area contributed by atoms with Gasteiger partial charge in [0.05, 0.1) is 5.92 Å². The van der Waals surface area contributed by atoms with Gasteiger partial charge in [0.15, 0.2) is 0 Å². The minimum absolute atomic E-state index is 0.00524. The normalized spacial score (nSPS) is 31.7. The molecule has 0 aromatic carbocycles. The fourth-order valence-corrected chi connectivity index (χ4v) is 5.14. The quantitative estimate of drug-likeness (QED) is 0.838. The van der Waals surface area contributed by atoms with Crippen molar-refractivity contribution in [2.45, 2.75) is 69.6 Å². The zero-order chi connectivity index (χ0) is 16.2. The van der Waals surface area contributed by atoms with Gasteiger partial charge in [-0.15, -0.1) is 0 Å². The second kappa shape index (κ2) is 7.91. The highest BCUT2D eigenvalue weighted by Crippen LogP contribution is 2.33. The van der Waals surface area contributed by atoms with Crippen LogP contribution in [0.15, 0.2) is 0 Å². The van der Waals surface area contributed by atoms with Gasteiger partial charge in [-0.1, -0.05) is 13.3 Å². The topological polar surface area (TPSA) is 49.4 Å². The molecule has 4 nitrogen and oxygen atoms in total. The van der Waals surface area contributed by atoms with E-state index in [2.05, 4.69) is 12.2 Å². The van der Waals surface area contributed by atoms with Gasteiger partial charge in [0.2, 0.25) is 11.8 Å². The van der Waals surface area contributed by atoms with E-state index in [4.69, 9.17) is 0 Å². The van der Waals surface area contributed by atoms with E-state index in [1.165, 1.54) is 12.8 Å². The summed E-state index contributed by atoms with van der Waals surface area (Å²) in [5.41, 5.74) is 0. The van der Waals surface area contributed by atoms with Crippen LogP contribution in [0.1, 0.15) is 58.3 Å². The molecule has 0 radical (unpaired) electrons. The zero-order valence-electron chi connectivity index (χ0n) is 14.3. The van der Waals surface area contributed by atoms with Crippen LogP contribution < -0.4 is 5.32 Å².